The number of likely N-dealkylation sites (tertiary alicyclic amines) is 1. The number of ketones is 1. The number of halogens is 4. The number of aryl methyl sites for hydroxylation is 1. The van der Waals surface area contributed by atoms with E-state index in [4.69, 9.17) is 46.4 Å². The second kappa shape index (κ2) is 10.0. The summed E-state index contributed by atoms with van der Waals surface area (Å²) in [5.74, 6) is -2.86. The molecule has 1 unspecified atom stereocenters. The maximum atomic E-state index is 12.4. The van der Waals surface area contributed by atoms with Crippen molar-refractivity contribution in [3.8, 4) is 0 Å². The van der Waals surface area contributed by atoms with Crippen LogP contribution in [0.25, 0.3) is 0 Å². The Balaban J connectivity index is 1.51. The molecule has 9 heteroatoms. The third-order valence-corrected chi connectivity index (χ3v) is 6.16. The normalized spacial score (nSPS) is 16.3. The number of amides is 2. The summed E-state index contributed by atoms with van der Waals surface area (Å²) in [4.78, 5) is 38.3. The van der Waals surface area contributed by atoms with Crippen molar-refractivity contribution in [3.63, 3.8) is 0 Å². The molecule has 1 aliphatic heterocycles. The number of benzene rings is 2. The van der Waals surface area contributed by atoms with E-state index in [9.17, 15) is 14.4 Å². The van der Waals surface area contributed by atoms with Crippen LogP contribution in [0.4, 0.5) is 0 Å². The summed E-state index contributed by atoms with van der Waals surface area (Å²) in [5, 5.41) is 4.58. The summed E-state index contributed by atoms with van der Waals surface area (Å²) in [6, 6.07) is 10.3. The molecule has 2 aromatic rings. The molecule has 0 aromatic heterocycles. The van der Waals surface area contributed by atoms with Crippen LogP contribution in [0.5, 0.6) is 0 Å². The summed E-state index contributed by atoms with van der Waals surface area (Å²) in [7, 11) is 0. The van der Waals surface area contributed by atoms with Gasteiger partial charge in [0.2, 0.25) is 11.7 Å². The summed E-state index contributed by atoms with van der Waals surface area (Å²) in [5.41, 5.74) is 1.65. The Morgan fingerprint density at radius 2 is 1.77 bits per heavy atom. The first-order valence-corrected chi connectivity index (χ1v) is 10.8. The standard InChI is InChI=1S/C21H18Cl4N2O3/c22-14-5-4-13(17(24)9-14)10-27-11-15(19(28)21(27)30)20(29)26-7-1-2-12-3-6-16(23)18(25)8-12/h3-6,8-9,15H,1-2,7,10-11H2,(H,26,29). The minimum atomic E-state index is -1.02. The Labute approximate surface area is 194 Å². The van der Waals surface area contributed by atoms with Crippen molar-refractivity contribution in [3.05, 3.63) is 67.6 Å². The lowest BCUT2D eigenvalue weighted by molar-refractivity contribution is -0.142. The maximum Gasteiger partial charge on any atom is 0.291 e. The maximum absolute atomic E-state index is 12.4. The fourth-order valence-corrected chi connectivity index (χ4v) is 4.00. The summed E-state index contributed by atoms with van der Waals surface area (Å²) < 4.78 is 0. The number of rotatable bonds is 7. The Morgan fingerprint density at radius 3 is 2.47 bits per heavy atom. The van der Waals surface area contributed by atoms with Gasteiger partial charge in [-0.05, 0) is 48.2 Å². The zero-order valence-corrected chi connectivity index (χ0v) is 18.8. The molecule has 1 atom stereocenters. The SMILES string of the molecule is O=C(NCCCc1ccc(Cl)c(Cl)c1)C1CN(Cc2ccc(Cl)cc2Cl)C(=O)C1=O. The van der Waals surface area contributed by atoms with E-state index in [1.807, 2.05) is 6.07 Å². The molecule has 1 aliphatic rings. The van der Waals surface area contributed by atoms with Gasteiger partial charge in [-0.15, -0.1) is 0 Å². The molecule has 3 rings (SSSR count). The Bertz CT molecular complexity index is 996. The predicted molar refractivity (Wildman–Crippen MR) is 118 cm³/mol. The lowest BCUT2D eigenvalue weighted by Crippen LogP contribution is -2.36. The van der Waals surface area contributed by atoms with Gasteiger partial charge in [0.15, 0.2) is 0 Å². The van der Waals surface area contributed by atoms with Gasteiger partial charge in [0.05, 0.1) is 10.0 Å². The van der Waals surface area contributed by atoms with Crippen LogP contribution < -0.4 is 5.32 Å². The number of hydrogen-bond acceptors (Lipinski definition) is 3. The molecule has 0 bridgehead atoms. The Morgan fingerprint density at radius 1 is 1.00 bits per heavy atom. The highest BCUT2D eigenvalue weighted by atomic mass is 35.5. The molecule has 2 aromatic carbocycles. The van der Waals surface area contributed by atoms with Crippen molar-refractivity contribution in [2.75, 3.05) is 13.1 Å². The van der Waals surface area contributed by atoms with Gasteiger partial charge in [-0.3, -0.25) is 14.4 Å². The number of carbonyl (C=O) groups is 3. The molecule has 0 spiro atoms. The quantitative estimate of drug-likeness (QED) is 0.353. The van der Waals surface area contributed by atoms with Gasteiger partial charge in [-0.2, -0.15) is 0 Å². The average molecular weight is 488 g/mol. The third kappa shape index (κ3) is 5.46. The fraction of sp³-hybridized carbons (Fsp3) is 0.286. The topological polar surface area (TPSA) is 66.5 Å². The highest BCUT2D eigenvalue weighted by Crippen LogP contribution is 2.25. The van der Waals surface area contributed by atoms with Crippen LogP contribution in [-0.4, -0.2) is 35.6 Å². The second-order valence-corrected chi connectivity index (χ2v) is 8.64. The van der Waals surface area contributed by atoms with E-state index in [1.165, 1.54) is 4.90 Å². The molecule has 1 saturated heterocycles. The number of hydrogen-bond donors (Lipinski definition) is 1. The van der Waals surface area contributed by atoms with Gasteiger partial charge < -0.3 is 10.2 Å². The lowest BCUT2D eigenvalue weighted by atomic mass is 10.1. The van der Waals surface area contributed by atoms with Crippen molar-refractivity contribution in [2.45, 2.75) is 19.4 Å². The van der Waals surface area contributed by atoms with Gasteiger partial charge in [0.25, 0.3) is 5.91 Å². The summed E-state index contributed by atoms with van der Waals surface area (Å²) >= 11 is 23.9. The molecule has 30 heavy (non-hydrogen) atoms. The number of Topliss-reactive ketones (excluding diaryl/α,β-unsaturated/α-hetero) is 1. The molecule has 5 nitrogen and oxygen atoms in total. The van der Waals surface area contributed by atoms with Gasteiger partial charge in [0, 0.05) is 29.7 Å². The fourth-order valence-electron chi connectivity index (χ4n) is 3.21. The van der Waals surface area contributed by atoms with E-state index in [2.05, 4.69) is 5.32 Å². The highest BCUT2D eigenvalue weighted by molar-refractivity contribution is 6.43. The van der Waals surface area contributed by atoms with Crippen LogP contribution in [0.1, 0.15) is 17.5 Å². The summed E-state index contributed by atoms with van der Waals surface area (Å²) in [6.45, 7) is 0.539. The van der Waals surface area contributed by atoms with Crippen molar-refractivity contribution in [2.24, 2.45) is 5.92 Å². The molecule has 0 radical (unpaired) electrons. The van der Waals surface area contributed by atoms with Gasteiger partial charge in [0.1, 0.15) is 5.92 Å². The van der Waals surface area contributed by atoms with E-state index in [1.54, 1.807) is 30.3 Å². The van der Waals surface area contributed by atoms with Gasteiger partial charge in [-0.1, -0.05) is 58.5 Å². The summed E-state index contributed by atoms with van der Waals surface area (Å²) in [6.07, 6.45) is 1.35. The molecular formula is C21H18Cl4N2O3. The molecule has 158 valence electrons. The van der Waals surface area contributed by atoms with E-state index in [0.717, 1.165) is 5.56 Å². The van der Waals surface area contributed by atoms with E-state index in [-0.39, 0.29) is 13.1 Å². The predicted octanol–water partition coefficient (Wildman–Crippen LogP) is 4.58. The zero-order valence-electron chi connectivity index (χ0n) is 15.8. The molecule has 1 N–H and O–H groups in total. The van der Waals surface area contributed by atoms with Gasteiger partial charge >= 0.3 is 0 Å². The largest absolute Gasteiger partial charge is 0.355 e. The molecule has 0 saturated carbocycles. The third-order valence-electron chi connectivity index (χ3n) is 4.84. The van der Waals surface area contributed by atoms with Crippen molar-refractivity contribution in [1.29, 1.82) is 0 Å². The zero-order chi connectivity index (χ0) is 21.8. The number of nitrogens with one attached hydrogen (secondary N) is 1. The van der Waals surface area contributed by atoms with E-state index >= 15 is 0 Å². The minimum absolute atomic E-state index is 0.0231. The van der Waals surface area contributed by atoms with Crippen LogP contribution in [0.15, 0.2) is 36.4 Å². The molecule has 1 fully saturated rings. The smallest absolute Gasteiger partial charge is 0.291 e. The Hall–Kier alpha value is -1.79. The van der Waals surface area contributed by atoms with Crippen LogP contribution in [-0.2, 0) is 27.3 Å². The molecule has 1 heterocycles. The number of carbonyl (C=O) groups excluding carboxylic acids is 3. The van der Waals surface area contributed by atoms with Crippen molar-refractivity contribution >= 4 is 64.0 Å². The van der Waals surface area contributed by atoms with E-state index < -0.39 is 23.5 Å². The molecular weight excluding hydrogens is 470 g/mol. The average Bonchev–Trinajstić information content (AvgIpc) is 2.98. The number of nitrogens with zero attached hydrogens (tertiary/aromatic N) is 1. The van der Waals surface area contributed by atoms with Crippen molar-refractivity contribution < 1.29 is 14.4 Å². The first-order chi connectivity index (χ1) is 14.3. The van der Waals surface area contributed by atoms with E-state index in [0.29, 0.717) is 45.0 Å². The first-order valence-electron chi connectivity index (χ1n) is 9.25. The molecule has 2 amide bonds. The van der Waals surface area contributed by atoms with Crippen LogP contribution in [0.3, 0.4) is 0 Å². The Kier molecular flexibility index (Phi) is 7.64. The second-order valence-electron chi connectivity index (χ2n) is 6.98. The first kappa shape index (κ1) is 22.9. The van der Waals surface area contributed by atoms with Crippen LogP contribution in [0, 0.1) is 5.92 Å². The minimum Gasteiger partial charge on any atom is -0.355 e. The van der Waals surface area contributed by atoms with Crippen LogP contribution in [0.2, 0.25) is 20.1 Å². The lowest BCUT2D eigenvalue weighted by Gasteiger charge is -2.16. The highest BCUT2D eigenvalue weighted by Gasteiger charge is 2.42. The van der Waals surface area contributed by atoms with Crippen molar-refractivity contribution in [1.82, 2.24) is 10.2 Å². The van der Waals surface area contributed by atoms with Gasteiger partial charge in [-0.25, -0.2) is 0 Å². The monoisotopic (exact) mass is 486 g/mol. The molecule has 0 aliphatic carbocycles. The van der Waals surface area contributed by atoms with Crippen LogP contribution >= 0.6 is 46.4 Å².